The lowest BCUT2D eigenvalue weighted by molar-refractivity contribution is -0.111. The number of anilines is 1. The summed E-state index contributed by atoms with van der Waals surface area (Å²) in [7, 11) is 0. The number of hydrogen-bond acceptors (Lipinski definition) is 3. The molecule has 16 heavy (non-hydrogen) atoms. The Balaban J connectivity index is 2.29. The number of allylic oxidation sites excluding steroid dienone is 1. The van der Waals surface area contributed by atoms with Gasteiger partial charge in [-0.25, -0.2) is 9.37 Å². The SMILES string of the molecule is C/C=C/C(=O)Nc1nc2ccc(F)cc2s1. The molecule has 0 saturated carbocycles. The Labute approximate surface area is 95.6 Å². The lowest BCUT2D eigenvalue weighted by Crippen LogP contribution is -2.06. The van der Waals surface area contributed by atoms with E-state index in [2.05, 4.69) is 10.3 Å². The maximum atomic E-state index is 12.9. The molecular weight excluding hydrogens is 227 g/mol. The molecular formula is C11H9FN2OS. The van der Waals surface area contributed by atoms with Gasteiger partial charge in [-0.2, -0.15) is 0 Å². The summed E-state index contributed by atoms with van der Waals surface area (Å²) in [6.07, 6.45) is 3.05. The summed E-state index contributed by atoms with van der Waals surface area (Å²) in [6.45, 7) is 1.76. The average Bonchev–Trinajstić information content (AvgIpc) is 2.59. The summed E-state index contributed by atoms with van der Waals surface area (Å²) in [5.74, 6) is -0.537. The first-order valence-corrected chi connectivity index (χ1v) is 5.50. The van der Waals surface area contributed by atoms with Crippen LogP contribution in [0.2, 0.25) is 0 Å². The minimum atomic E-state index is -0.303. The van der Waals surface area contributed by atoms with Crippen LogP contribution in [0.25, 0.3) is 10.2 Å². The Morgan fingerprint density at radius 3 is 3.12 bits per heavy atom. The zero-order valence-corrected chi connectivity index (χ0v) is 9.34. The summed E-state index contributed by atoms with van der Waals surface area (Å²) >= 11 is 1.25. The molecule has 1 amide bonds. The number of benzene rings is 1. The number of hydrogen-bond donors (Lipinski definition) is 1. The van der Waals surface area contributed by atoms with E-state index in [1.54, 1.807) is 19.1 Å². The van der Waals surface area contributed by atoms with Gasteiger partial charge in [-0.1, -0.05) is 17.4 Å². The highest BCUT2D eigenvalue weighted by Crippen LogP contribution is 2.26. The zero-order valence-electron chi connectivity index (χ0n) is 8.53. The molecule has 0 radical (unpaired) electrons. The fraction of sp³-hybridized carbons (Fsp3) is 0.0909. The van der Waals surface area contributed by atoms with Crippen LogP contribution in [0.3, 0.4) is 0 Å². The quantitative estimate of drug-likeness (QED) is 0.814. The minimum Gasteiger partial charge on any atom is -0.298 e. The Kier molecular flexibility index (Phi) is 2.96. The summed E-state index contributed by atoms with van der Waals surface area (Å²) < 4.78 is 13.6. The molecule has 0 aliphatic heterocycles. The summed E-state index contributed by atoms with van der Waals surface area (Å²) in [5, 5.41) is 3.09. The maximum Gasteiger partial charge on any atom is 0.249 e. The number of amides is 1. The second kappa shape index (κ2) is 4.40. The number of halogens is 1. The van der Waals surface area contributed by atoms with Gasteiger partial charge < -0.3 is 0 Å². The third-order valence-electron chi connectivity index (χ3n) is 1.90. The van der Waals surface area contributed by atoms with E-state index in [-0.39, 0.29) is 11.7 Å². The molecule has 1 heterocycles. The van der Waals surface area contributed by atoms with E-state index in [4.69, 9.17) is 0 Å². The molecule has 1 aromatic carbocycles. The number of rotatable bonds is 2. The second-order valence-electron chi connectivity index (χ2n) is 3.12. The molecule has 0 spiro atoms. The van der Waals surface area contributed by atoms with Gasteiger partial charge in [-0.05, 0) is 31.2 Å². The van der Waals surface area contributed by atoms with Gasteiger partial charge in [0, 0.05) is 0 Å². The Bertz CT molecular complexity index is 562. The van der Waals surface area contributed by atoms with Gasteiger partial charge >= 0.3 is 0 Å². The maximum absolute atomic E-state index is 12.9. The Hall–Kier alpha value is -1.75. The number of thiazole rings is 1. The molecule has 0 aliphatic carbocycles. The van der Waals surface area contributed by atoms with Crippen molar-refractivity contribution in [1.82, 2.24) is 4.98 Å². The first-order valence-electron chi connectivity index (χ1n) is 4.69. The largest absolute Gasteiger partial charge is 0.298 e. The van der Waals surface area contributed by atoms with Crippen LogP contribution in [0.4, 0.5) is 9.52 Å². The summed E-state index contributed by atoms with van der Waals surface area (Å²) in [5.41, 5.74) is 0.683. The van der Waals surface area contributed by atoms with Crippen molar-refractivity contribution in [2.24, 2.45) is 0 Å². The lowest BCUT2D eigenvalue weighted by Gasteiger charge is -1.93. The number of nitrogens with one attached hydrogen (secondary N) is 1. The highest BCUT2D eigenvalue weighted by molar-refractivity contribution is 7.22. The minimum absolute atomic E-state index is 0.234. The van der Waals surface area contributed by atoms with Crippen molar-refractivity contribution < 1.29 is 9.18 Å². The van der Waals surface area contributed by atoms with Crippen LogP contribution in [0, 0.1) is 5.82 Å². The fourth-order valence-electron chi connectivity index (χ4n) is 1.25. The van der Waals surface area contributed by atoms with Gasteiger partial charge in [0.25, 0.3) is 0 Å². The van der Waals surface area contributed by atoms with Crippen LogP contribution in [0.5, 0.6) is 0 Å². The van der Waals surface area contributed by atoms with Crippen molar-refractivity contribution in [3.63, 3.8) is 0 Å². The third-order valence-corrected chi connectivity index (χ3v) is 2.83. The highest BCUT2D eigenvalue weighted by atomic mass is 32.1. The second-order valence-corrected chi connectivity index (χ2v) is 4.15. The van der Waals surface area contributed by atoms with Gasteiger partial charge in [0.15, 0.2) is 5.13 Å². The molecule has 5 heteroatoms. The van der Waals surface area contributed by atoms with Crippen LogP contribution in [-0.4, -0.2) is 10.9 Å². The van der Waals surface area contributed by atoms with Crippen molar-refractivity contribution >= 4 is 32.6 Å². The zero-order chi connectivity index (χ0) is 11.5. The molecule has 0 fully saturated rings. The molecule has 2 rings (SSSR count). The monoisotopic (exact) mass is 236 g/mol. The number of fused-ring (bicyclic) bond motifs is 1. The normalized spacial score (nSPS) is 11.1. The van der Waals surface area contributed by atoms with E-state index < -0.39 is 0 Å². The molecule has 0 unspecified atom stereocenters. The van der Waals surface area contributed by atoms with Crippen LogP contribution >= 0.6 is 11.3 Å². The predicted molar refractivity (Wildman–Crippen MR) is 63.0 cm³/mol. The standard InChI is InChI=1S/C11H9FN2OS/c1-2-3-10(15)14-11-13-8-5-4-7(12)6-9(8)16-11/h2-6H,1H3,(H,13,14,15)/b3-2+. The fourth-order valence-corrected chi connectivity index (χ4v) is 2.14. The van der Waals surface area contributed by atoms with Crippen LogP contribution in [-0.2, 0) is 4.79 Å². The van der Waals surface area contributed by atoms with E-state index >= 15 is 0 Å². The van der Waals surface area contributed by atoms with Crippen molar-refractivity contribution in [1.29, 1.82) is 0 Å². The van der Waals surface area contributed by atoms with Crippen LogP contribution < -0.4 is 5.32 Å². The molecule has 82 valence electrons. The molecule has 0 aliphatic rings. The lowest BCUT2D eigenvalue weighted by atomic mass is 10.3. The number of carbonyl (C=O) groups excluding carboxylic acids is 1. The summed E-state index contributed by atoms with van der Waals surface area (Å²) in [4.78, 5) is 15.4. The first kappa shape index (κ1) is 10.8. The Morgan fingerprint density at radius 1 is 1.56 bits per heavy atom. The molecule has 2 aromatic rings. The van der Waals surface area contributed by atoms with E-state index in [0.29, 0.717) is 10.6 Å². The van der Waals surface area contributed by atoms with Crippen molar-refractivity contribution in [3.8, 4) is 0 Å². The van der Waals surface area contributed by atoms with Gasteiger partial charge in [-0.3, -0.25) is 10.1 Å². The van der Waals surface area contributed by atoms with Crippen molar-refractivity contribution in [2.75, 3.05) is 5.32 Å². The third kappa shape index (κ3) is 2.25. The Morgan fingerprint density at radius 2 is 2.38 bits per heavy atom. The molecule has 0 saturated heterocycles. The van der Waals surface area contributed by atoms with Crippen LogP contribution in [0.1, 0.15) is 6.92 Å². The van der Waals surface area contributed by atoms with Gasteiger partial charge in [0.2, 0.25) is 5.91 Å². The van der Waals surface area contributed by atoms with E-state index in [1.807, 2.05) is 0 Å². The molecule has 1 N–H and O–H groups in total. The van der Waals surface area contributed by atoms with Crippen molar-refractivity contribution in [3.05, 3.63) is 36.2 Å². The number of nitrogens with zero attached hydrogens (tertiary/aromatic N) is 1. The molecule has 1 aromatic heterocycles. The molecule has 0 bridgehead atoms. The van der Waals surface area contributed by atoms with Gasteiger partial charge in [0.1, 0.15) is 5.82 Å². The first-order chi connectivity index (χ1) is 7.69. The smallest absolute Gasteiger partial charge is 0.249 e. The average molecular weight is 236 g/mol. The number of carbonyl (C=O) groups is 1. The van der Waals surface area contributed by atoms with Crippen molar-refractivity contribution in [2.45, 2.75) is 6.92 Å². The van der Waals surface area contributed by atoms with E-state index in [0.717, 1.165) is 4.70 Å². The predicted octanol–water partition coefficient (Wildman–Crippen LogP) is 2.95. The highest BCUT2D eigenvalue weighted by Gasteiger charge is 2.06. The van der Waals surface area contributed by atoms with Crippen LogP contribution in [0.15, 0.2) is 30.4 Å². The topological polar surface area (TPSA) is 42.0 Å². The number of aromatic nitrogens is 1. The molecule has 3 nitrogen and oxygen atoms in total. The van der Waals surface area contributed by atoms with E-state index in [1.165, 1.54) is 29.5 Å². The molecule has 0 atom stereocenters. The summed E-state index contributed by atoms with van der Waals surface area (Å²) in [6, 6.07) is 4.34. The van der Waals surface area contributed by atoms with E-state index in [9.17, 15) is 9.18 Å². The van der Waals surface area contributed by atoms with Gasteiger partial charge in [0.05, 0.1) is 10.2 Å². The van der Waals surface area contributed by atoms with Gasteiger partial charge in [-0.15, -0.1) is 0 Å².